The molecule has 1 saturated heterocycles. The number of nitrogens with zero attached hydrogens (tertiary/aromatic N) is 6. The highest BCUT2D eigenvalue weighted by Crippen LogP contribution is 2.38. The van der Waals surface area contributed by atoms with Crippen LogP contribution in [0.1, 0.15) is 72.3 Å². The second kappa shape index (κ2) is 11.4. The second-order valence-corrected chi connectivity index (χ2v) is 10.5. The van der Waals surface area contributed by atoms with Crippen LogP contribution in [-0.2, 0) is 4.74 Å². The quantitative estimate of drug-likeness (QED) is 0.518. The first-order valence-corrected chi connectivity index (χ1v) is 13.4. The van der Waals surface area contributed by atoms with Gasteiger partial charge in [-0.25, -0.2) is 9.67 Å². The molecule has 3 aromatic heterocycles. The Kier molecular flexibility index (Phi) is 7.82. The lowest BCUT2D eigenvalue weighted by Gasteiger charge is -2.42. The molecule has 9 heteroatoms. The molecular weight excluding hydrogens is 478 g/mol. The average Bonchev–Trinajstić information content (AvgIpc) is 3.35. The van der Waals surface area contributed by atoms with E-state index in [1.807, 2.05) is 37.4 Å². The smallest absolute Gasteiger partial charge is 0.259 e. The number of hydrogen-bond donors (Lipinski definition) is 1. The molecule has 1 N–H and O–H groups in total. The number of nitrogens with one attached hydrogen (secondary N) is 1. The molecule has 5 rings (SSSR count). The van der Waals surface area contributed by atoms with Crippen LogP contribution >= 0.6 is 0 Å². The summed E-state index contributed by atoms with van der Waals surface area (Å²) < 4.78 is 7.23. The van der Waals surface area contributed by atoms with E-state index in [0.29, 0.717) is 29.0 Å². The van der Waals surface area contributed by atoms with Gasteiger partial charge in [0, 0.05) is 42.9 Å². The molecule has 4 heterocycles. The van der Waals surface area contributed by atoms with Crippen molar-refractivity contribution in [3.63, 3.8) is 0 Å². The van der Waals surface area contributed by atoms with E-state index in [0.717, 1.165) is 62.5 Å². The van der Waals surface area contributed by atoms with Gasteiger partial charge in [-0.1, -0.05) is 19.9 Å². The maximum absolute atomic E-state index is 13.1. The normalized spacial score (nSPS) is 22.2. The lowest BCUT2D eigenvalue weighted by molar-refractivity contribution is 0.0000694. The van der Waals surface area contributed by atoms with Crippen molar-refractivity contribution in [2.45, 2.75) is 57.9 Å². The van der Waals surface area contributed by atoms with Gasteiger partial charge in [0.05, 0.1) is 48.6 Å². The van der Waals surface area contributed by atoms with Crippen molar-refractivity contribution in [1.82, 2.24) is 24.6 Å². The lowest BCUT2D eigenvalue weighted by atomic mass is 9.76. The van der Waals surface area contributed by atoms with E-state index in [1.165, 1.54) is 0 Å². The molecular formula is C29H35N7O2. The predicted octanol–water partition coefficient (Wildman–Crippen LogP) is 4.45. The standard InChI is InChI=1S/C29H35N7O2/c1-19(2)22-5-9-28(32-16-22)36-20(3)25(18-33-36)29(37)34-23-6-7-26(31-17-23)24-14-21(15-30)4-8-27(24)35-10-12-38-13-11-35/h5-7,9,16-19,21,24,27H,4,8,10-14H2,1-3H3,(H,34,37). The number of carbonyl (C=O) groups excluding carboxylic acids is 1. The van der Waals surface area contributed by atoms with Gasteiger partial charge >= 0.3 is 0 Å². The highest BCUT2D eigenvalue weighted by molar-refractivity contribution is 6.04. The summed E-state index contributed by atoms with van der Waals surface area (Å²) in [5.41, 5.74) is 3.95. The number of aromatic nitrogens is 4. The fraction of sp³-hybridized carbons (Fsp3) is 0.483. The van der Waals surface area contributed by atoms with Crippen molar-refractivity contribution in [3.05, 3.63) is 65.4 Å². The Balaban J connectivity index is 1.29. The lowest BCUT2D eigenvalue weighted by Crippen LogP contribution is -2.48. The third kappa shape index (κ3) is 5.47. The number of nitriles is 1. The van der Waals surface area contributed by atoms with Crippen LogP contribution in [0.2, 0.25) is 0 Å². The monoisotopic (exact) mass is 513 g/mol. The van der Waals surface area contributed by atoms with Crippen LogP contribution in [0.3, 0.4) is 0 Å². The Morgan fingerprint density at radius 2 is 1.92 bits per heavy atom. The van der Waals surface area contributed by atoms with Crippen LogP contribution in [0.5, 0.6) is 0 Å². The first kappa shape index (κ1) is 26.0. The minimum absolute atomic E-state index is 0.0500. The molecule has 0 bridgehead atoms. The van der Waals surface area contributed by atoms with Crippen molar-refractivity contribution >= 4 is 11.6 Å². The van der Waals surface area contributed by atoms with Gasteiger partial charge in [-0.05, 0) is 55.9 Å². The third-order valence-corrected chi connectivity index (χ3v) is 7.84. The topological polar surface area (TPSA) is 109 Å². The van der Waals surface area contributed by atoms with Crippen molar-refractivity contribution in [1.29, 1.82) is 5.26 Å². The number of rotatable bonds is 6. The molecule has 9 nitrogen and oxygen atoms in total. The third-order valence-electron chi connectivity index (χ3n) is 7.84. The molecule has 0 aromatic carbocycles. The fourth-order valence-electron chi connectivity index (χ4n) is 5.56. The minimum Gasteiger partial charge on any atom is -0.379 e. The number of carbonyl (C=O) groups is 1. The van der Waals surface area contributed by atoms with E-state index in [1.54, 1.807) is 17.1 Å². The summed E-state index contributed by atoms with van der Waals surface area (Å²) in [6.45, 7) is 9.44. The molecule has 2 fully saturated rings. The van der Waals surface area contributed by atoms with Gasteiger partial charge < -0.3 is 10.1 Å². The molecule has 38 heavy (non-hydrogen) atoms. The van der Waals surface area contributed by atoms with E-state index in [2.05, 4.69) is 40.2 Å². The number of pyridine rings is 2. The van der Waals surface area contributed by atoms with Gasteiger partial charge in [-0.3, -0.25) is 14.7 Å². The Hall–Kier alpha value is -3.61. The van der Waals surface area contributed by atoms with Crippen LogP contribution in [-0.4, -0.2) is 62.9 Å². The van der Waals surface area contributed by atoms with Crippen LogP contribution in [0.25, 0.3) is 5.82 Å². The summed E-state index contributed by atoms with van der Waals surface area (Å²) in [5.74, 6) is 1.07. The Morgan fingerprint density at radius 3 is 2.58 bits per heavy atom. The average molecular weight is 514 g/mol. The molecule has 0 radical (unpaired) electrons. The number of morpholine rings is 1. The maximum Gasteiger partial charge on any atom is 0.259 e. The van der Waals surface area contributed by atoms with E-state index in [4.69, 9.17) is 9.72 Å². The van der Waals surface area contributed by atoms with Crippen molar-refractivity contribution < 1.29 is 9.53 Å². The summed E-state index contributed by atoms with van der Waals surface area (Å²) in [5, 5.41) is 16.9. The fourth-order valence-corrected chi connectivity index (χ4v) is 5.56. The van der Waals surface area contributed by atoms with Crippen LogP contribution in [0.4, 0.5) is 5.69 Å². The molecule has 198 valence electrons. The molecule has 2 aliphatic rings. The minimum atomic E-state index is -0.240. The number of hydrogen-bond acceptors (Lipinski definition) is 7. The van der Waals surface area contributed by atoms with Crippen LogP contribution in [0.15, 0.2) is 42.9 Å². The zero-order chi connectivity index (χ0) is 26.6. The SMILES string of the molecule is Cc1c(C(=O)Nc2ccc(C3CC(C#N)CCC3N3CCOCC3)nc2)cnn1-c1ccc(C(C)C)cn1. The van der Waals surface area contributed by atoms with Crippen molar-refractivity contribution in [3.8, 4) is 11.9 Å². The van der Waals surface area contributed by atoms with E-state index in [-0.39, 0.29) is 17.7 Å². The van der Waals surface area contributed by atoms with Gasteiger partial charge in [-0.2, -0.15) is 10.4 Å². The summed E-state index contributed by atoms with van der Waals surface area (Å²) in [6, 6.07) is 10.7. The van der Waals surface area contributed by atoms with Gasteiger partial charge in [0.1, 0.15) is 0 Å². The van der Waals surface area contributed by atoms with E-state index >= 15 is 0 Å². The summed E-state index contributed by atoms with van der Waals surface area (Å²) in [4.78, 5) is 24.8. The van der Waals surface area contributed by atoms with Gasteiger partial charge in [-0.15, -0.1) is 0 Å². The largest absolute Gasteiger partial charge is 0.379 e. The Morgan fingerprint density at radius 1 is 1.11 bits per heavy atom. The van der Waals surface area contributed by atoms with Crippen LogP contribution < -0.4 is 5.32 Å². The van der Waals surface area contributed by atoms with Crippen molar-refractivity contribution in [2.24, 2.45) is 5.92 Å². The molecule has 1 aliphatic heterocycles. The van der Waals surface area contributed by atoms with Gasteiger partial charge in [0.25, 0.3) is 5.91 Å². The highest BCUT2D eigenvalue weighted by Gasteiger charge is 2.36. The molecule has 1 amide bonds. The maximum atomic E-state index is 13.1. The molecule has 0 spiro atoms. The van der Waals surface area contributed by atoms with Gasteiger partial charge in [0.2, 0.25) is 0 Å². The zero-order valence-corrected chi connectivity index (χ0v) is 22.3. The van der Waals surface area contributed by atoms with E-state index in [9.17, 15) is 10.1 Å². The molecule has 3 atom stereocenters. The summed E-state index contributed by atoms with van der Waals surface area (Å²) in [6.07, 6.45) is 7.85. The second-order valence-electron chi connectivity index (χ2n) is 10.5. The van der Waals surface area contributed by atoms with Crippen LogP contribution in [0, 0.1) is 24.2 Å². The highest BCUT2D eigenvalue weighted by atomic mass is 16.5. The summed E-state index contributed by atoms with van der Waals surface area (Å²) >= 11 is 0. The zero-order valence-electron chi connectivity index (χ0n) is 22.3. The molecule has 1 aliphatic carbocycles. The number of ether oxygens (including phenoxy) is 1. The molecule has 1 saturated carbocycles. The Labute approximate surface area is 223 Å². The summed E-state index contributed by atoms with van der Waals surface area (Å²) in [7, 11) is 0. The number of anilines is 1. The molecule has 3 aromatic rings. The Bertz CT molecular complexity index is 1290. The number of amides is 1. The molecule has 3 unspecified atom stereocenters. The van der Waals surface area contributed by atoms with Gasteiger partial charge in [0.15, 0.2) is 5.82 Å². The predicted molar refractivity (Wildman–Crippen MR) is 144 cm³/mol. The van der Waals surface area contributed by atoms with E-state index < -0.39 is 0 Å². The first-order chi connectivity index (χ1) is 18.4. The van der Waals surface area contributed by atoms with Crippen molar-refractivity contribution in [2.75, 3.05) is 31.6 Å². The first-order valence-electron chi connectivity index (χ1n) is 13.4.